The number of pyridine rings is 1. The van der Waals surface area contributed by atoms with Crippen molar-refractivity contribution in [3.05, 3.63) is 98.7 Å². The van der Waals surface area contributed by atoms with Crippen LogP contribution in [0.2, 0.25) is 5.02 Å². The van der Waals surface area contributed by atoms with E-state index in [2.05, 4.69) is 41.6 Å². The van der Waals surface area contributed by atoms with Gasteiger partial charge < -0.3 is 30.3 Å². The van der Waals surface area contributed by atoms with Crippen LogP contribution in [0.25, 0.3) is 22.0 Å². The lowest BCUT2D eigenvalue weighted by atomic mass is 9.93. The molecule has 2 aliphatic carbocycles. The van der Waals surface area contributed by atoms with E-state index < -0.39 is 208 Å². The normalized spacial score (nSPS) is 16.9. The van der Waals surface area contributed by atoms with Gasteiger partial charge in [-0.15, -0.1) is 0 Å². The minimum atomic E-state index is -5.26. The number of amides is 3. The molecule has 5 atom stereocenters. The van der Waals surface area contributed by atoms with Crippen LogP contribution in [0.1, 0.15) is 91.1 Å². The van der Waals surface area contributed by atoms with Gasteiger partial charge in [0.2, 0.25) is 18.6 Å². The predicted octanol–water partition coefficient (Wildman–Crippen LogP) is 7.17. The molecule has 0 bridgehead atoms. The maximum Gasteiger partial charge on any atom is 0.472 e. The van der Waals surface area contributed by atoms with Gasteiger partial charge in [0.15, 0.2) is 15.5 Å². The zero-order chi connectivity index (χ0) is 61.7. The van der Waals surface area contributed by atoms with Gasteiger partial charge in [-0.05, 0) is 80.8 Å². The summed E-state index contributed by atoms with van der Waals surface area (Å²) in [6.07, 6.45) is -14.6. The van der Waals surface area contributed by atoms with Crippen molar-refractivity contribution in [3.63, 3.8) is 0 Å². The molecule has 7 rings (SSSR count). The Bertz CT molecular complexity index is 3660. The van der Waals surface area contributed by atoms with E-state index in [1.54, 1.807) is 0 Å². The van der Waals surface area contributed by atoms with E-state index in [9.17, 15) is 81.2 Å². The van der Waals surface area contributed by atoms with Gasteiger partial charge in [0.1, 0.15) is 40.9 Å². The minimum Gasteiger partial charge on any atom is -0.481 e. The number of halogens is 11. The van der Waals surface area contributed by atoms with Crippen LogP contribution >= 0.6 is 19.4 Å². The van der Waals surface area contributed by atoms with Crippen LogP contribution in [-0.4, -0.2) is 115 Å². The Balaban J connectivity index is 1.36. The lowest BCUT2D eigenvalue weighted by molar-refractivity contribution is -0.143. The first-order valence-corrected chi connectivity index (χ1v) is 28.7. The number of ether oxygens (including phenoxy) is 1. The molecule has 5 aromatic rings. The van der Waals surface area contributed by atoms with E-state index in [1.165, 1.54) is 13.8 Å². The lowest BCUT2D eigenvalue weighted by Gasteiger charge is -2.23. The summed E-state index contributed by atoms with van der Waals surface area (Å²) in [5.74, 6) is -8.22. The smallest absolute Gasteiger partial charge is 0.472 e. The molecule has 1 fully saturated rings. The van der Waals surface area contributed by atoms with E-state index in [0.29, 0.717) is 10.7 Å². The zero-order valence-electron chi connectivity index (χ0n) is 42.7. The van der Waals surface area contributed by atoms with Gasteiger partial charge in [0.25, 0.3) is 17.2 Å². The molecule has 0 saturated heterocycles. The van der Waals surface area contributed by atoms with Crippen molar-refractivity contribution in [2.24, 2.45) is 5.92 Å². The van der Waals surface area contributed by atoms with E-state index in [4.69, 9.17) is 21.4 Å². The number of nitrogens with zero attached hydrogens (tertiary/aromatic N) is 6. The second-order valence-electron chi connectivity index (χ2n) is 19.4. The van der Waals surface area contributed by atoms with Crippen molar-refractivity contribution in [1.29, 1.82) is 0 Å². The second kappa shape index (κ2) is 23.7. The molecule has 0 spiro atoms. The fourth-order valence-electron chi connectivity index (χ4n) is 9.04. The van der Waals surface area contributed by atoms with Crippen LogP contribution in [0.15, 0.2) is 42.5 Å². The van der Waals surface area contributed by atoms with Gasteiger partial charge in [-0.2, -0.15) is 45.3 Å². The first-order chi connectivity index (χ1) is 38.2. The van der Waals surface area contributed by atoms with E-state index in [-0.39, 0.29) is 37.8 Å². The number of aliphatic carboxylic acids is 1. The third-order valence-corrected chi connectivity index (χ3v) is 16.4. The van der Waals surface area contributed by atoms with Gasteiger partial charge >= 0.3 is 32.2 Å². The monoisotopic (exact) mass is 1260 g/mol. The van der Waals surface area contributed by atoms with Crippen molar-refractivity contribution in [2.75, 3.05) is 13.0 Å². The van der Waals surface area contributed by atoms with Crippen LogP contribution < -0.4 is 10.6 Å². The van der Waals surface area contributed by atoms with Gasteiger partial charge in [-0.25, -0.2) is 44.6 Å². The van der Waals surface area contributed by atoms with Crippen LogP contribution in [0.3, 0.4) is 0 Å². The van der Waals surface area contributed by atoms with E-state index in [1.807, 2.05) is 5.32 Å². The SMILES string of the molecule is CC(C)(C#Cc1ccc(-c2ccc(Cl)c3c(CN(C(=O)CCC(CC(=O)O)NC(=O)OCOP(=O)(O)O)S(=O)O)nn(CC(F)(F)F)c23)c(C(Cc2cc(F)cc(F)c2)NC(=O)Cn2nc(C(F)(F)F)c3c2C(F)(F)[C@@H]2C[C@H]32)n1)S(C)(=O)=O. The van der Waals surface area contributed by atoms with E-state index >= 15 is 8.78 Å². The van der Waals surface area contributed by atoms with Gasteiger partial charge in [0.05, 0.1) is 40.9 Å². The number of nitrogens with one attached hydrogen (secondary N) is 2. The molecule has 22 nitrogen and oxygen atoms in total. The number of carboxylic acids is 1. The van der Waals surface area contributed by atoms with Crippen LogP contribution in [-0.2, 0) is 87.5 Å². The Kier molecular flexibility index (Phi) is 18.3. The molecule has 450 valence electrons. The molecule has 3 heterocycles. The second-order valence-corrected chi connectivity index (χ2v) is 24.6. The van der Waals surface area contributed by atoms with Crippen molar-refractivity contribution >= 4 is 75.3 Å². The van der Waals surface area contributed by atoms with Gasteiger partial charge in [-0.3, -0.25) is 28.3 Å². The number of benzene rings is 2. The molecule has 2 aromatic carbocycles. The molecule has 3 amide bonds. The fourth-order valence-corrected chi connectivity index (χ4v) is 10.2. The number of hydrogen-bond acceptors (Lipinski definition) is 13. The summed E-state index contributed by atoms with van der Waals surface area (Å²) in [6.45, 7) is -3.38. The standard InChI is InChI=1S/C47H44ClF10N8O14PS2/c1-44(2,83(3,77)78)11-10-25-4-6-27(39(59-25)32(14-22-12-23(49)15-24(50)13-22)61-34(67)19-64-42-37(41(63-64)47(56,57)58)29-17-30(29)46(42,54)55)28-7-8-31(48)38-33(62-65(40(28)38)20-45(51,52)53)18-66(82(75)76)35(68)9-5-26(16-36(69)70)60-43(71)79-21-80-81(72,73)74/h4,6-8,12-13,15,26,29-30,32H,5,9,14,16-21H2,1-3H3,(H,60,71)(H,61,67)(H,69,70)(H,75,76)(H2,72,73,74)/t26?,29-,30+,32?/m0/s1. The summed E-state index contributed by atoms with van der Waals surface area (Å²) in [4.78, 5) is 73.8. The Labute approximate surface area is 469 Å². The van der Waals surface area contributed by atoms with Crippen molar-refractivity contribution in [2.45, 2.75) is 107 Å². The molecule has 6 N–H and O–H groups in total. The fraction of sp³-hybridized carbons (Fsp3) is 0.426. The van der Waals surface area contributed by atoms with Gasteiger partial charge in [-0.1, -0.05) is 23.6 Å². The maximum absolute atomic E-state index is 15.6. The predicted molar refractivity (Wildman–Crippen MR) is 267 cm³/mol. The molecule has 3 aromatic heterocycles. The van der Waals surface area contributed by atoms with Crippen LogP contribution in [0.5, 0.6) is 0 Å². The molecule has 0 aliphatic heterocycles. The number of carbonyl (C=O) groups excluding carboxylic acids is 3. The Hall–Kier alpha value is -6.73. The third-order valence-electron chi connectivity index (χ3n) is 13.0. The van der Waals surface area contributed by atoms with Crippen LogP contribution in [0.4, 0.5) is 48.7 Å². The number of hydrogen-bond donors (Lipinski definition) is 6. The highest BCUT2D eigenvalue weighted by atomic mass is 35.5. The number of phosphoric acid groups is 1. The molecular formula is C47H44ClF10N8O14PS2. The largest absolute Gasteiger partial charge is 0.481 e. The maximum atomic E-state index is 15.6. The number of fused-ring (bicyclic) bond motifs is 4. The number of alkyl carbamates (subject to hydrolysis) is 1. The number of rotatable bonds is 21. The summed E-state index contributed by atoms with van der Waals surface area (Å²) < 4.78 is 214. The average molecular weight is 1270 g/mol. The first-order valence-electron chi connectivity index (χ1n) is 23.8. The van der Waals surface area contributed by atoms with Crippen molar-refractivity contribution in [3.8, 4) is 23.0 Å². The molecule has 2 aliphatic rings. The molecule has 1 saturated carbocycles. The first kappa shape index (κ1) is 63.8. The highest BCUT2D eigenvalue weighted by Crippen LogP contribution is 2.68. The number of alkyl halides is 8. The highest BCUT2D eigenvalue weighted by Gasteiger charge is 2.68. The number of carbonyl (C=O) groups is 4. The average Bonchev–Trinajstić information content (AvgIpc) is 1.54. The third kappa shape index (κ3) is 15.2. The highest BCUT2D eigenvalue weighted by molar-refractivity contribution is 7.92. The summed E-state index contributed by atoms with van der Waals surface area (Å²) >= 11 is 3.29. The van der Waals surface area contributed by atoms with E-state index in [0.717, 1.165) is 42.7 Å². The Morgan fingerprint density at radius 2 is 1.65 bits per heavy atom. The quantitative estimate of drug-likeness (QED) is 0.0139. The minimum absolute atomic E-state index is 0.153. The molecule has 0 radical (unpaired) electrons. The number of phosphoric ester groups is 1. The van der Waals surface area contributed by atoms with Gasteiger partial charge in [0, 0.05) is 52.8 Å². The number of aromatic nitrogens is 5. The summed E-state index contributed by atoms with van der Waals surface area (Å²) in [5.41, 5.74) is -6.71. The lowest BCUT2D eigenvalue weighted by Crippen LogP contribution is -2.39. The summed E-state index contributed by atoms with van der Waals surface area (Å²) in [5, 5.41) is 20.3. The van der Waals surface area contributed by atoms with Crippen molar-refractivity contribution in [1.82, 2.24) is 39.5 Å². The molecule has 83 heavy (non-hydrogen) atoms. The number of sulfone groups is 1. The molecule has 36 heteroatoms. The van der Waals surface area contributed by atoms with Crippen molar-refractivity contribution < 1.29 is 109 Å². The molecule has 3 unspecified atom stereocenters. The summed E-state index contributed by atoms with van der Waals surface area (Å²) in [6, 6.07) is 3.04. The zero-order valence-corrected chi connectivity index (χ0v) is 46.0. The van der Waals surface area contributed by atoms with Crippen LogP contribution in [0, 0.1) is 29.4 Å². The molecular weight excluding hydrogens is 1220 g/mol. The topological polar surface area (TPSA) is 312 Å². The Morgan fingerprint density at radius 1 is 1.00 bits per heavy atom. The number of carboxylic acid groups (broad SMARTS) is 1. The summed E-state index contributed by atoms with van der Waals surface area (Å²) in [7, 11) is -9.09. The Morgan fingerprint density at radius 3 is 2.24 bits per heavy atom.